The molecule has 0 aliphatic carbocycles. The molecule has 2 heterocycles. The number of benzene rings is 2. The topological polar surface area (TPSA) is 71.7 Å². The lowest BCUT2D eigenvalue weighted by atomic mass is 9.86. The number of piperazine rings is 1. The summed E-state index contributed by atoms with van der Waals surface area (Å²) in [7, 11) is 1.64. The van der Waals surface area contributed by atoms with Gasteiger partial charge in [0, 0.05) is 38.2 Å². The van der Waals surface area contributed by atoms with Crippen molar-refractivity contribution in [1.29, 1.82) is 0 Å². The summed E-state index contributed by atoms with van der Waals surface area (Å²) in [5, 5.41) is 4.10. The summed E-state index contributed by atoms with van der Waals surface area (Å²) in [4.78, 5) is 21.5. The van der Waals surface area contributed by atoms with Gasteiger partial charge >= 0.3 is 0 Å². The van der Waals surface area contributed by atoms with Crippen LogP contribution in [0.1, 0.15) is 44.2 Å². The second-order valence-corrected chi connectivity index (χ2v) is 9.84. The van der Waals surface area contributed by atoms with Crippen LogP contribution in [-0.4, -0.2) is 59.1 Å². The predicted molar refractivity (Wildman–Crippen MR) is 132 cm³/mol. The van der Waals surface area contributed by atoms with Crippen molar-refractivity contribution in [1.82, 2.24) is 19.9 Å². The highest BCUT2D eigenvalue weighted by molar-refractivity contribution is 5.76. The van der Waals surface area contributed by atoms with Crippen molar-refractivity contribution in [3.8, 4) is 17.1 Å². The number of amides is 1. The average Bonchev–Trinajstić information content (AvgIpc) is 3.31. The third-order valence-electron chi connectivity index (χ3n) is 6.35. The van der Waals surface area contributed by atoms with Crippen molar-refractivity contribution in [2.24, 2.45) is 0 Å². The maximum absolute atomic E-state index is 12.7. The van der Waals surface area contributed by atoms with E-state index in [1.54, 1.807) is 7.11 Å². The third kappa shape index (κ3) is 6.03. The number of methoxy groups -OCH3 is 1. The first kappa shape index (κ1) is 24.0. The number of ether oxygens (including phenoxy) is 1. The van der Waals surface area contributed by atoms with E-state index < -0.39 is 0 Å². The Labute approximate surface area is 201 Å². The summed E-state index contributed by atoms with van der Waals surface area (Å²) in [6.45, 7) is 10.3. The van der Waals surface area contributed by atoms with Crippen LogP contribution in [0.4, 0.5) is 0 Å². The molecule has 4 rings (SSSR count). The fourth-order valence-corrected chi connectivity index (χ4v) is 4.10. The second kappa shape index (κ2) is 10.4. The van der Waals surface area contributed by atoms with E-state index >= 15 is 0 Å². The molecule has 1 aromatic heterocycles. The second-order valence-electron chi connectivity index (χ2n) is 9.84. The van der Waals surface area contributed by atoms with Gasteiger partial charge in [0.25, 0.3) is 0 Å². The highest BCUT2D eigenvalue weighted by Crippen LogP contribution is 2.23. The Kier molecular flexibility index (Phi) is 7.32. The summed E-state index contributed by atoms with van der Waals surface area (Å²) in [6, 6.07) is 16.2. The van der Waals surface area contributed by atoms with Crippen molar-refractivity contribution in [2.75, 3.05) is 33.3 Å². The summed E-state index contributed by atoms with van der Waals surface area (Å²) in [5.41, 5.74) is 3.56. The molecule has 1 amide bonds. The highest BCUT2D eigenvalue weighted by Gasteiger charge is 2.22. The molecule has 0 saturated carbocycles. The first-order valence-electron chi connectivity index (χ1n) is 11.9. The fraction of sp³-hybridized carbons (Fsp3) is 0.444. The van der Waals surface area contributed by atoms with E-state index in [0.717, 1.165) is 43.9 Å². The molecule has 0 N–H and O–H groups in total. The number of hydrogen-bond donors (Lipinski definition) is 0. The number of aromatic nitrogens is 2. The summed E-state index contributed by atoms with van der Waals surface area (Å²) in [5.74, 6) is 2.17. The van der Waals surface area contributed by atoms with Gasteiger partial charge in [0.15, 0.2) is 0 Å². The number of nitrogens with zero attached hydrogens (tertiary/aromatic N) is 4. The first-order valence-corrected chi connectivity index (χ1v) is 11.9. The van der Waals surface area contributed by atoms with Crippen LogP contribution < -0.4 is 4.74 Å². The molecule has 0 radical (unpaired) electrons. The van der Waals surface area contributed by atoms with E-state index in [1.165, 1.54) is 11.1 Å². The van der Waals surface area contributed by atoms with Gasteiger partial charge in [-0.2, -0.15) is 4.98 Å². The van der Waals surface area contributed by atoms with E-state index in [-0.39, 0.29) is 11.3 Å². The smallest absolute Gasteiger partial charge is 0.241 e. The molecule has 0 bridgehead atoms. The Morgan fingerprint density at radius 3 is 2.29 bits per heavy atom. The average molecular weight is 463 g/mol. The normalized spacial score (nSPS) is 14.9. The largest absolute Gasteiger partial charge is 0.497 e. The van der Waals surface area contributed by atoms with Crippen molar-refractivity contribution in [3.63, 3.8) is 0 Å². The van der Waals surface area contributed by atoms with Crippen LogP contribution in [-0.2, 0) is 23.2 Å². The van der Waals surface area contributed by atoms with E-state index in [9.17, 15) is 4.79 Å². The number of rotatable bonds is 7. The lowest BCUT2D eigenvalue weighted by Crippen LogP contribution is -2.48. The molecule has 1 aliphatic heterocycles. The van der Waals surface area contributed by atoms with Gasteiger partial charge in [-0.25, -0.2) is 0 Å². The Bertz CT molecular complexity index is 1080. The highest BCUT2D eigenvalue weighted by atomic mass is 16.5. The molecule has 1 aliphatic rings. The third-order valence-corrected chi connectivity index (χ3v) is 6.35. The SMILES string of the molecule is COc1ccc(-c2noc(CN3CCN(C(=O)CCc4ccc(C(C)(C)C)cc4)CC3)n2)cc1. The molecular weight excluding hydrogens is 428 g/mol. The number of carbonyl (C=O) groups excluding carboxylic acids is 1. The quantitative estimate of drug-likeness (QED) is 0.521. The Hall–Kier alpha value is -3.19. The lowest BCUT2D eigenvalue weighted by Gasteiger charge is -2.34. The summed E-state index contributed by atoms with van der Waals surface area (Å²) in [6.07, 6.45) is 1.32. The number of hydrogen-bond acceptors (Lipinski definition) is 6. The molecule has 3 aromatic rings. The molecule has 7 heteroatoms. The molecule has 34 heavy (non-hydrogen) atoms. The van der Waals surface area contributed by atoms with Crippen LogP contribution in [0, 0.1) is 0 Å². The van der Waals surface area contributed by atoms with Crippen molar-refractivity contribution >= 4 is 5.91 Å². The van der Waals surface area contributed by atoms with Gasteiger partial charge in [0.05, 0.1) is 13.7 Å². The molecule has 180 valence electrons. The van der Waals surface area contributed by atoms with Crippen LogP contribution in [0.5, 0.6) is 5.75 Å². The van der Waals surface area contributed by atoms with Gasteiger partial charge < -0.3 is 14.2 Å². The van der Waals surface area contributed by atoms with E-state index in [0.29, 0.717) is 24.7 Å². The number of carbonyl (C=O) groups is 1. The standard InChI is InChI=1S/C27H34N4O3/c1-27(2,3)22-10-5-20(6-11-22)7-14-25(32)31-17-15-30(16-18-31)19-24-28-26(29-34-24)21-8-12-23(33-4)13-9-21/h5-6,8-13H,7,14-19H2,1-4H3. The van der Waals surface area contributed by atoms with Crippen molar-refractivity contribution < 1.29 is 14.1 Å². The van der Waals surface area contributed by atoms with Gasteiger partial charge in [-0.3, -0.25) is 9.69 Å². The van der Waals surface area contributed by atoms with Crippen LogP contribution in [0.3, 0.4) is 0 Å². The minimum absolute atomic E-state index is 0.145. The van der Waals surface area contributed by atoms with Crippen LogP contribution in [0.25, 0.3) is 11.4 Å². The van der Waals surface area contributed by atoms with Crippen LogP contribution >= 0.6 is 0 Å². The maximum Gasteiger partial charge on any atom is 0.241 e. The molecule has 1 fully saturated rings. The fourth-order valence-electron chi connectivity index (χ4n) is 4.10. The van der Waals surface area contributed by atoms with E-state index in [2.05, 4.69) is 60.1 Å². The van der Waals surface area contributed by atoms with Crippen molar-refractivity contribution in [2.45, 2.75) is 45.6 Å². The maximum atomic E-state index is 12.7. The lowest BCUT2D eigenvalue weighted by molar-refractivity contribution is -0.133. The Balaban J connectivity index is 1.22. The van der Waals surface area contributed by atoms with Gasteiger partial charge in [0.1, 0.15) is 5.75 Å². The summed E-state index contributed by atoms with van der Waals surface area (Å²) < 4.78 is 10.6. The predicted octanol–water partition coefficient (Wildman–Crippen LogP) is 4.32. The van der Waals surface area contributed by atoms with E-state index in [1.807, 2.05) is 29.2 Å². The molecule has 2 aromatic carbocycles. The van der Waals surface area contributed by atoms with Gasteiger partial charge in [-0.15, -0.1) is 0 Å². The van der Waals surface area contributed by atoms with Gasteiger partial charge in [0.2, 0.25) is 17.6 Å². The first-order chi connectivity index (χ1) is 16.3. The minimum atomic E-state index is 0.145. The molecular formula is C27H34N4O3. The Morgan fingerprint density at radius 1 is 1.00 bits per heavy atom. The van der Waals surface area contributed by atoms with Gasteiger partial charge in [-0.05, 0) is 47.2 Å². The summed E-state index contributed by atoms with van der Waals surface area (Å²) >= 11 is 0. The zero-order valence-electron chi connectivity index (χ0n) is 20.6. The zero-order chi connectivity index (χ0) is 24.1. The van der Waals surface area contributed by atoms with Crippen LogP contribution in [0.15, 0.2) is 53.1 Å². The molecule has 0 unspecified atom stereocenters. The zero-order valence-corrected chi connectivity index (χ0v) is 20.6. The minimum Gasteiger partial charge on any atom is -0.497 e. The molecule has 0 atom stereocenters. The monoisotopic (exact) mass is 462 g/mol. The molecule has 7 nitrogen and oxygen atoms in total. The van der Waals surface area contributed by atoms with Crippen LogP contribution in [0.2, 0.25) is 0 Å². The van der Waals surface area contributed by atoms with Gasteiger partial charge in [-0.1, -0.05) is 50.2 Å². The Morgan fingerprint density at radius 2 is 1.68 bits per heavy atom. The van der Waals surface area contributed by atoms with E-state index in [4.69, 9.17) is 9.26 Å². The number of aryl methyl sites for hydroxylation is 1. The van der Waals surface area contributed by atoms with Crippen molar-refractivity contribution in [3.05, 3.63) is 65.5 Å². The molecule has 0 spiro atoms. The molecule has 1 saturated heterocycles.